The first-order valence-corrected chi connectivity index (χ1v) is 9.15. The van der Waals surface area contributed by atoms with E-state index in [-0.39, 0.29) is 17.9 Å². The van der Waals surface area contributed by atoms with Crippen LogP contribution in [0.25, 0.3) is 21.8 Å². The van der Waals surface area contributed by atoms with Crippen LogP contribution >= 0.6 is 0 Å². The number of aromatic amines is 2. The molecule has 28 heavy (non-hydrogen) atoms. The maximum Gasteiger partial charge on any atom is 0.251 e. The minimum Gasteiger partial charge on any atom is -0.497 e. The number of rotatable bonds is 6. The molecule has 0 bridgehead atoms. The Balaban J connectivity index is 1.41. The summed E-state index contributed by atoms with van der Waals surface area (Å²) in [7, 11) is 1.60. The monoisotopic (exact) mass is 375 g/mol. The quantitative estimate of drug-likeness (QED) is 0.483. The van der Waals surface area contributed by atoms with Gasteiger partial charge in [0.1, 0.15) is 5.75 Å². The van der Waals surface area contributed by atoms with Crippen LogP contribution in [0.15, 0.2) is 59.5 Å². The summed E-state index contributed by atoms with van der Waals surface area (Å²) in [6.45, 7) is 0.453. The van der Waals surface area contributed by atoms with Gasteiger partial charge in [0.15, 0.2) is 0 Å². The number of hydrogen-bond acceptors (Lipinski definition) is 3. The highest BCUT2D eigenvalue weighted by molar-refractivity contribution is 5.84. The van der Waals surface area contributed by atoms with Gasteiger partial charge in [-0.3, -0.25) is 9.59 Å². The number of pyridine rings is 1. The van der Waals surface area contributed by atoms with Gasteiger partial charge in [0, 0.05) is 46.5 Å². The lowest BCUT2D eigenvalue weighted by Gasteiger charge is -2.07. The minimum absolute atomic E-state index is 0.0876. The summed E-state index contributed by atoms with van der Waals surface area (Å²) < 4.78 is 5.23. The number of aryl methyl sites for hydroxylation is 1. The van der Waals surface area contributed by atoms with Crippen LogP contribution in [-0.4, -0.2) is 23.0 Å². The molecule has 0 unspecified atom stereocenters. The third kappa shape index (κ3) is 3.62. The Bertz CT molecular complexity index is 1210. The van der Waals surface area contributed by atoms with Crippen LogP contribution in [0, 0.1) is 0 Å². The van der Waals surface area contributed by atoms with Gasteiger partial charge in [0.05, 0.1) is 7.11 Å². The van der Waals surface area contributed by atoms with E-state index in [9.17, 15) is 9.59 Å². The number of benzene rings is 2. The van der Waals surface area contributed by atoms with Gasteiger partial charge in [0.25, 0.3) is 5.56 Å². The molecule has 4 aromatic rings. The Morgan fingerprint density at radius 2 is 1.93 bits per heavy atom. The maximum absolute atomic E-state index is 12.3. The molecule has 6 heteroatoms. The average Bonchev–Trinajstić information content (AvgIpc) is 3.13. The second-order valence-electron chi connectivity index (χ2n) is 6.71. The number of aromatic nitrogens is 2. The van der Waals surface area contributed by atoms with Crippen molar-refractivity contribution in [3.63, 3.8) is 0 Å². The molecule has 1 amide bonds. The van der Waals surface area contributed by atoms with Gasteiger partial charge >= 0.3 is 0 Å². The molecule has 142 valence electrons. The number of nitrogens with one attached hydrogen (secondary N) is 3. The van der Waals surface area contributed by atoms with E-state index in [0.717, 1.165) is 33.1 Å². The largest absolute Gasteiger partial charge is 0.497 e. The van der Waals surface area contributed by atoms with Crippen molar-refractivity contribution < 1.29 is 9.53 Å². The molecule has 0 radical (unpaired) electrons. The van der Waals surface area contributed by atoms with E-state index >= 15 is 0 Å². The molecular formula is C22H21N3O3. The number of hydrogen-bond donors (Lipinski definition) is 3. The minimum atomic E-state index is -0.165. The first-order valence-electron chi connectivity index (χ1n) is 9.15. The lowest BCUT2D eigenvalue weighted by Crippen LogP contribution is -2.24. The zero-order valence-corrected chi connectivity index (χ0v) is 15.5. The summed E-state index contributed by atoms with van der Waals surface area (Å²) in [6, 6.07) is 15.3. The van der Waals surface area contributed by atoms with E-state index in [1.54, 1.807) is 13.2 Å². The summed E-state index contributed by atoms with van der Waals surface area (Å²) >= 11 is 0. The van der Waals surface area contributed by atoms with Gasteiger partial charge in [-0.15, -0.1) is 0 Å². The molecule has 0 aliphatic heterocycles. The lowest BCUT2D eigenvalue weighted by atomic mass is 10.1. The van der Waals surface area contributed by atoms with Crippen molar-refractivity contribution in [2.75, 3.05) is 7.11 Å². The number of ether oxygens (including phenoxy) is 1. The van der Waals surface area contributed by atoms with E-state index in [0.29, 0.717) is 18.5 Å². The van der Waals surface area contributed by atoms with Gasteiger partial charge in [-0.2, -0.15) is 0 Å². The van der Waals surface area contributed by atoms with E-state index in [4.69, 9.17) is 4.74 Å². The van der Waals surface area contributed by atoms with Crippen LogP contribution in [-0.2, 0) is 17.8 Å². The van der Waals surface area contributed by atoms with Crippen molar-refractivity contribution in [3.8, 4) is 5.75 Å². The van der Waals surface area contributed by atoms with Crippen LogP contribution in [0.3, 0.4) is 0 Å². The number of amides is 1. The van der Waals surface area contributed by atoms with Crippen molar-refractivity contribution >= 4 is 27.7 Å². The SMILES string of the molecule is COc1ccc2[nH]c(=O)c(CCC(=O)NCc3c[nH]c4ccccc34)cc2c1. The molecule has 0 saturated carbocycles. The smallest absolute Gasteiger partial charge is 0.251 e. The highest BCUT2D eigenvalue weighted by Crippen LogP contribution is 2.19. The Morgan fingerprint density at radius 3 is 2.79 bits per heavy atom. The van der Waals surface area contributed by atoms with Gasteiger partial charge in [0.2, 0.25) is 5.91 Å². The van der Waals surface area contributed by atoms with Crippen LogP contribution < -0.4 is 15.6 Å². The third-order valence-corrected chi connectivity index (χ3v) is 4.90. The topological polar surface area (TPSA) is 87.0 Å². The zero-order chi connectivity index (χ0) is 19.5. The van der Waals surface area contributed by atoms with Crippen LogP contribution in [0.1, 0.15) is 17.5 Å². The number of methoxy groups -OCH3 is 1. The van der Waals surface area contributed by atoms with Crippen molar-refractivity contribution in [1.82, 2.24) is 15.3 Å². The van der Waals surface area contributed by atoms with Gasteiger partial charge in [-0.05, 0) is 42.3 Å². The van der Waals surface area contributed by atoms with Gasteiger partial charge in [-0.25, -0.2) is 0 Å². The highest BCUT2D eigenvalue weighted by Gasteiger charge is 2.09. The molecule has 2 heterocycles. The van der Waals surface area contributed by atoms with E-state index in [1.165, 1.54) is 0 Å². The second-order valence-corrected chi connectivity index (χ2v) is 6.71. The first kappa shape index (κ1) is 17.9. The summed E-state index contributed by atoms with van der Waals surface area (Å²) in [4.78, 5) is 30.6. The number of fused-ring (bicyclic) bond motifs is 2. The highest BCUT2D eigenvalue weighted by atomic mass is 16.5. The van der Waals surface area contributed by atoms with Crippen LogP contribution in [0.5, 0.6) is 5.75 Å². The number of carbonyl (C=O) groups excluding carboxylic acids is 1. The molecule has 0 atom stereocenters. The molecule has 0 aliphatic rings. The Morgan fingerprint density at radius 1 is 1.07 bits per heavy atom. The van der Waals surface area contributed by atoms with Gasteiger partial charge < -0.3 is 20.0 Å². The summed E-state index contributed by atoms with van der Waals surface area (Å²) in [6.07, 6.45) is 2.54. The molecular weight excluding hydrogens is 354 g/mol. The maximum atomic E-state index is 12.3. The fraction of sp³-hybridized carbons (Fsp3) is 0.182. The predicted molar refractivity (Wildman–Crippen MR) is 110 cm³/mol. The van der Waals surface area contributed by atoms with Crippen molar-refractivity contribution in [2.24, 2.45) is 0 Å². The Hall–Kier alpha value is -3.54. The summed E-state index contributed by atoms with van der Waals surface area (Å²) in [5.74, 6) is 0.636. The number of carbonyl (C=O) groups is 1. The van der Waals surface area contributed by atoms with Crippen LogP contribution in [0.2, 0.25) is 0 Å². The Kier molecular flexibility index (Phi) is 4.85. The normalized spacial score (nSPS) is 11.0. The number of para-hydroxylation sites is 1. The molecule has 0 aliphatic carbocycles. The lowest BCUT2D eigenvalue weighted by molar-refractivity contribution is -0.121. The van der Waals surface area contributed by atoms with Crippen molar-refractivity contribution in [3.05, 3.63) is 76.2 Å². The zero-order valence-electron chi connectivity index (χ0n) is 15.5. The molecule has 0 spiro atoms. The molecule has 2 aromatic heterocycles. The standard InChI is InChI=1S/C22H21N3O3/c1-28-17-7-8-19-15(11-17)10-14(22(27)25-19)6-9-21(26)24-13-16-12-23-20-5-3-2-4-18(16)20/h2-5,7-8,10-12,23H,6,9,13H2,1H3,(H,24,26)(H,25,27). The van der Waals surface area contributed by atoms with E-state index < -0.39 is 0 Å². The van der Waals surface area contributed by atoms with Crippen molar-refractivity contribution in [1.29, 1.82) is 0 Å². The number of H-pyrrole nitrogens is 2. The van der Waals surface area contributed by atoms with Gasteiger partial charge in [-0.1, -0.05) is 18.2 Å². The molecule has 6 nitrogen and oxygen atoms in total. The summed E-state index contributed by atoms with van der Waals surface area (Å²) in [5.41, 5.74) is 3.26. The molecule has 0 fully saturated rings. The third-order valence-electron chi connectivity index (χ3n) is 4.90. The molecule has 0 saturated heterocycles. The Labute approximate surface area is 161 Å². The van der Waals surface area contributed by atoms with Crippen LogP contribution in [0.4, 0.5) is 0 Å². The van der Waals surface area contributed by atoms with E-state index in [1.807, 2.05) is 48.7 Å². The first-order chi connectivity index (χ1) is 13.6. The predicted octanol–water partition coefficient (Wildman–Crippen LogP) is 3.27. The fourth-order valence-electron chi connectivity index (χ4n) is 3.35. The molecule has 3 N–H and O–H groups in total. The average molecular weight is 375 g/mol. The van der Waals surface area contributed by atoms with Crippen molar-refractivity contribution in [2.45, 2.75) is 19.4 Å². The van der Waals surface area contributed by atoms with E-state index in [2.05, 4.69) is 15.3 Å². The fourth-order valence-corrected chi connectivity index (χ4v) is 3.35. The summed E-state index contributed by atoms with van der Waals surface area (Å²) in [5, 5.41) is 4.91. The molecule has 2 aromatic carbocycles. The molecule has 4 rings (SSSR count). The second kappa shape index (κ2) is 7.60.